The number of amides is 3. The summed E-state index contributed by atoms with van der Waals surface area (Å²) in [4.78, 5) is 50.5. The zero-order valence-corrected chi connectivity index (χ0v) is 23.0. The molecule has 9 nitrogen and oxygen atoms in total. The SMILES string of the molecule is CCOc1cc(/C=C2/SC(=O)N(CC(=O)OCC(C)C)C2=O)ccc1OCC(=O)Nc1ccc(C)c(C)c1. The minimum absolute atomic E-state index is 0.145. The average molecular weight is 541 g/mol. The number of carbonyl (C=O) groups excluding carboxylic acids is 4. The molecule has 0 unspecified atom stereocenters. The van der Waals surface area contributed by atoms with Gasteiger partial charge < -0.3 is 19.5 Å². The molecule has 10 heteroatoms. The van der Waals surface area contributed by atoms with Crippen LogP contribution >= 0.6 is 11.8 Å². The van der Waals surface area contributed by atoms with Crippen LogP contribution in [0, 0.1) is 19.8 Å². The Labute approximate surface area is 226 Å². The van der Waals surface area contributed by atoms with Gasteiger partial charge in [0.05, 0.1) is 18.1 Å². The topological polar surface area (TPSA) is 111 Å². The van der Waals surface area contributed by atoms with E-state index in [0.29, 0.717) is 29.4 Å². The number of hydrogen-bond acceptors (Lipinski definition) is 8. The molecule has 1 N–H and O–H groups in total. The zero-order valence-electron chi connectivity index (χ0n) is 22.2. The van der Waals surface area contributed by atoms with Gasteiger partial charge in [0.2, 0.25) is 0 Å². The number of rotatable bonds is 11. The normalized spacial score (nSPS) is 14.3. The highest BCUT2D eigenvalue weighted by molar-refractivity contribution is 8.18. The number of carbonyl (C=O) groups is 4. The van der Waals surface area contributed by atoms with Gasteiger partial charge in [-0.3, -0.25) is 24.1 Å². The predicted molar refractivity (Wildman–Crippen MR) is 146 cm³/mol. The molecule has 0 radical (unpaired) electrons. The first-order valence-corrected chi connectivity index (χ1v) is 13.1. The average Bonchev–Trinajstić information content (AvgIpc) is 3.12. The molecule has 3 amide bonds. The number of aryl methyl sites for hydroxylation is 2. The van der Waals surface area contributed by atoms with Gasteiger partial charge in [-0.2, -0.15) is 0 Å². The van der Waals surface area contributed by atoms with E-state index in [0.717, 1.165) is 27.8 Å². The molecule has 202 valence electrons. The van der Waals surface area contributed by atoms with Crippen LogP contribution in [-0.2, 0) is 19.1 Å². The fourth-order valence-corrected chi connectivity index (χ4v) is 4.22. The second kappa shape index (κ2) is 13.1. The van der Waals surface area contributed by atoms with Gasteiger partial charge in [0.1, 0.15) is 6.54 Å². The smallest absolute Gasteiger partial charge is 0.326 e. The minimum Gasteiger partial charge on any atom is -0.490 e. The molecule has 1 fully saturated rings. The molecule has 1 aliphatic rings. The first kappa shape index (κ1) is 28.8. The van der Waals surface area contributed by atoms with Gasteiger partial charge in [0.25, 0.3) is 17.1 Å². The molecule has 2 aromatic rings. The Balaban J connectivity index is 1.66. The van der Waals surface area contributed by atoms with E-state index in [9.17, 15) is 19.2 Å². The molecule has 1 heterocycles. The summed E-state index contributed by atoms with van der Waals surface area (Å²) in [5, 5.41) is 2.27. The van der Waals surface area contributed by atoms with Gasteiger partial charge in [-0.1, -0.05) is 26.0 Å². The van der Waals surface area contributed by atoms with E-state index in [1.54, 1.807) is 24.3 Å². The van der Waals surface area contributed by atoms with Crippen molar-refractivity contribution >= 4 is 46.5 Å². The molecule has 3 rings (SSSR count). The third-order valence-electron chi connectivity index (χ3n) is 5.45. The van der Waals surface area contributed by atoms with E-state index >= 15 is 0 Å². The van der Waals surface area contributed by atoms with Crippen LogP contribution in [0.5, 0.6) is 11.5 Å². The zero-order chi connectivity index (χ0) is 27.8. The number of hydrogen-bond donors (Lipinski definition) is 1. The van der Waals surface area contributed by atoms with Crippen LogP contribution in [0.2, 0.25) is 0 Å². The van der Waals surface area contributed by atoms with Gasteiger partial charge >= 0.3 is 5.97 Å². The van der Waals surface area contributed by atoms with Gasteiger partial charge in [-0.25, -0.2) is 0 Å². The van der Waals surface area contributed by atoms with Crippen LogP contribution in [0.4, 0.5) is 10.5 Å². The fraction of sp³-hybridized carbons (Fsp3) is 0.357. The molecule has 0 aromatic heterocycles. The summed E-state index contributed by atoms with van der Waals surface area (Å²) in [6.45, 7) is 9.48. The number of esters is 1. The maximum Gasteiger partial charge on any atom is 0.326 e. The number of benzene rings is 2. The minimum atomic E-state index is -0.635. The van der Waals surface area contributed by atoms with Crippen molar-refractivity contribution in [2.24, 2.45) is 5.92 Å². The molecular weight excluding hydrogens is 508 g/mol. The molecule has 38 heavy (non-hydrogen) atoms. The third-order valence-corrected chi connectivity index (χ3v) is 6.36. The lowest BCUT2D eigenvalue weighted by molar-refractivity contribution is -0.147. The molecular formula is C28H32N2O7S. The van der Waals surface area contributed by atoms with Gasteiger partial charge in [-0.15, -0.1) is 0 Å². The standard InChI is InChI=1S/C28H32N2O7S/c1-6-35-23-12-20(13-24-27(33)30(28(34)38-24)14-26(32)37-15-17(2)3)8-10-22(23)36-16-25(31)29-21-9-7-18(4)19(5)11-21/h7-13,17H,6,14-16H2,1-5H3,(H,29,31)/b24-13+. The lowest BCUT2D eigenvalue weighted by Gasteiger charge is -2.13. The number of ether oxygens (including phenoxy) is 3. The molecule has 0 saturated carbocycles. The first-order valence-electron chi connectivity index (χ1n) is 12.2. The maximum atomic E-state index is 12.7. The lowest BCUT2D eigenvalue weighted by Crippen LogP contribution is -2.34. The monoisotopic (exact) mass is 540 g/mol. The molecule has 0 aliphatic carbocycles. The first-order chi connectivity index (χ1) is 18.1. The Hall–Kier alpha value is -3.79. The largest absolute Gasteiger partial charge is 0.490 e. The van der Waals surface area contributed by atoms with Crippen molar-refractivity contribution in [3.8, 4) is 11.5 Å². The molecule has 0 bridgehead atoms. The highest BCUT2D eigenvalue weighted by Gasteiger charge is 2.36. The Morgan fingerprint density at radius 1 is 1.03 bits per heavy atom. The van der Waals surface area contributed by atoms with Crippen LogP contribution in [0.15, 0.2) is 41.3 Å². The summed E-state index contributed by atoms with van der Waals surface area (Å²) in [5.74, 6) is -0.629. The van der Waals surface area contributed by atoms with Crippen molar-refractivity contribution in [2.75, 3.05) is 31.7 Å². The number of imide groups is 1. The van der Waals surface area contributed by atoms with Crippen LogP contribution < -0.4 is 14.8 Å². The lowest BCUT2D eigenvalue weighted by atomic mass is 10.1. The van der Waals surface area contributed by atoms with Crippen molar-refractivity contribution in [3.63, 3.8) is 0 Å². The summed E-state index contributed by atoms with van der Waals surface area (Å²) < 4.78 is 16.5. The van der Waals surface area contributed by atoms with Crippen molar-refractivity contribution in [1.82, 2.24) is 4.90 Å². The highest BCUT2D eigenvalue weighted by Crippen LogP contribution is 2.34. The molecule has 0 atom stereocenters. The summed E-state index contributed by atoms with van der Waals surface area (Å²) in [7, 11) is 0. The maximum absolute atomic E-state index is 12.7. The number of nitrogens with one attached hydrogen (secondary N) is 1. The second-order valence-electron chi connectivity index (χ2n) is 9.12. The predicted octanol–water partition coefficient (Wildman–Crippen LogP) is 4.96. The van der Waals surface area contributed by atoms with Crippen molar-refractivity contribution in [3.05, 3.63) is 58.0 Å². The quantitative estimate of drug-likeness (QED) is 0.315. The Kier molecular flexibility index (Phi) is 9.95. The summed E-state index contributed by atoms with van der Waals surface area (Å²) in [6.07, 6.45) is 1.54. The molecule has 0 spiro atoms. The van der Waals surface area contributed by atoms with E-state index in [4.69, 9.17) is 14.2 Å². The van der Waals surface area contributed by atoms with Crippen LogP contribution in [0.1, 0.15) is 37.5 Å². The summed E-state index contributed by atoms with van der Waals surface area (Å²) in [5.41, 5.74) is 3.48. The van der Waals surface area contributed by atoms with Gasteiger partial charge in [0, 0.05) is 5.69 Å². The highest BCUT2D eigenvalue weighted by atomic mass is 32.2. The van der Waals surface area contributed by atoms with E-state index in [1.165, 1.54) is 0 Å². The van der Waals surface area contributed by atoms with E-state index < -0.39 is 23.7 Å². The Morgan fingerprint density at radius 3 is 2.47 bits per heavy atom. The van der Waals surface area contributed by atoms with Crippen LogP contribution in [0.25, 0.3) is 6.08 Å². The summed E-state index contributed by atoms with van der Waals surface area (Å²) >= 11 is 0.749. The van der Waals surface area contributed by atoms with E-state index in [-0.39, 0.29) is 29.9 Å². The Morgan fingerprint density at radius 2 is 1.79 bits per heavy atom. The van der Waals surface area contributed by atoms with Gasteiger partial charge in [0.15, 0.2) is 18.1 Å². The molecule has 1 saturated heterocycles. The molecule has 2 aromatic carbocycles. The Bertz CT molecular complexity index is 1260. The van der Waals surface area contributed by atoms with Crippen molar-refractivity contribution < 1.29 is 33.4 Å². The summed E-state index contributed by atoms with van der Waals surface area (Å²) in [6, 6.07) is 10.6. The number of anilines is 1. The molecule has 1 aliphatic heterocycles. The second-order valence-corrected chi connectivity index (χ2v) is 10.1. The van der Waals surface area contributed by atoms with Gasteiger partial charge in [-0.05, 0) is 85.5 Å². The third kappa shape index (κ3) is 7.85. The van der Waals surface area contributed by atoms with Crippen LogP contribution in [0.3, 0.4) is 0 Å². The van der Waals surface area contributed by atoms with Crippen LogP contribution in [-0.4, -0.2) is 54.3 Å². The number of nitrogens with zero attached hydrogens (tertiary/aromatic N) is 1. The van der Waals surface area contributed by atoms with E-state index in [1.807, 2.05) is 52.8 Å². The number of thioether (sulfide) groups is 1. The fourth-order valence-electron chi connectivity index (χ4n) is 3.38. The van der Waals surface area contributed by atoms with Crippen molar-refractivity contribution in [1.29, 1.82) is 0 Å². The van der Waals surface area contributed by atoms with Crippen molar-refractivity contribution in [2.45, 2.75) is 34.6 Å². The van der Waals surface area contributed by atoms with E-state index in [2.05, 4.69) is 5.32 Å².